The molecule has 0 radical (unpaired) electrons. The number of hydrogen-bond donors (Lipinski definition) is 2. The normalized spacial score (nSPS) is 12.3. The third kappa shape index (κ3) is 7.72. The SMILES string of the molecule is CCOC(=O)CN[C@H](CCSC)N(CC)Cc1ccc(N)cc1. The van der Waals surface area contributed by atoms with Crippen LogP contribution < -0.4 is 11.1 Å². The lowest BCUT2D eigenvalue weighted by molar-refractivity contribution is -0.142. The minimum Gasteiger partial charge on any atom is -0.465 e. The van der Waals surface area contributed by atoms with Gasteiger partial charge in [0.1, 0.15) is 0 Å². The van der Waals surface area contributed by atoms with Crippen LogP contribution >= 0.6 is 11.8 Å². The van der Waals surface area contributed by atoms with Gasteiger partial charge in [0.25, 0.3) is 0 Å². The van der Waals surface area contributed by atoms with Crippen molar-refractivity contribution in [2.24, 2.45) is 0 Å². The maximum absolute atomic E-state index is 11.6. The van der Waals surface area contributed by atoms with Gasteiger partial charge < -0.3 is 10.5 Å². The van der Waals surface area contributed by atoms with Crippen molar-refractivity contribution in [2.75, 3.05) is 37.4 Å². The summed E-state index contributed by atoms with van der Waals surface area (Å²) in [4.78, 5) is 13.9. The molecule has 6 heteroatoms. The highest BCUT2D eigenvalue weighted by Crippen LogP contribution is 2.13. The number of carbonyl (C=O) groups excluding carboxylic acids is 1. The van der Waals surface area contributed by atoms with E-state index in [1.165, 1.54) is 5.56 Å². The van der Waals surface area contributed by atoms with E-state index in [-0.39, 0.29) is 18.7 Å². The molecule has 0 bridgehead atoms. The van der Waals surface area contributed by atoms with Crippen LogP contribution in [0.3, 0.4) is 0 Å². The Hall–Kier alpha value is -1.24. The molecule has 1 aromatic rings. The van der Waals surface area contributed by atoms with Gasteiger partial charge in [-0.1, -0.05) is 19.1 Å². The third-order valence-electron chi connectivity index (χ3n) is 3.60. The van der Waals surface area contributed by atoms with E-state index < -0.39 is 0 Å². The number of nitrogen functional groups attached to an aromatic ring is 1. The summed E-state index contributed by atoms with van der Waals surface area (Å²) in [7, 11) is 0. The van der Waals surface area contributed by atoms with Gasteiger partial charge in [-0.05, 0) is 49.6 Å². The standard InChI is InChI=1S/C17H29N3O2S/c1-4-20(13-14-6-8-15(18)9-7-14)16(10-11-23-3)19-12-17(21)22-5-2/h6-9,16,19H,4-5,10-13,18H2,1-3H3/t16-/m0/s1. The van der Waals surface area contributed by atoms with Crippen molar-refractivity contribution in [3.8, 4) is 0 Å². The fourth-order valence-corrected chi connectivity index (χ4v) is 2.82. The van der Waals surface area contributed by atoms with Gasteiger partial charge >= 0.3 is 5.97 Å². The second-order valence-electron chi connectivity index (χ2n) is 5.29. The van der Waals surface area contributed by atoms with Gasteiger partial charge in [-0.25, -0.2) is 0 Å². The Kier molecular flexibility index (Phi) is 9.75. The third-order valence-corrected chi connectivity index (χ3v) is 4.24. The van der Waals surface area contributed by atoms with E-state index in [9.17, 15) is 4.79 Å². The first-order chi connectivity index (χ1) is 11.1. The van der Waals surface area contributed by atoms with Crippen LogP contribution in [-0.4, -0.2) is 48.7 Å². The molecule has 0 amide bonds. The van der Waals surface area contributed by atoms with Gasteiger partial charge in [0.05, 0.1) is 19.3 Å². The van der Waals surface area contributed by atoms with Crippen LogP contribution in [0.25, 0.3) is 0 Å². The molecule has 130 valence electrons. The first kappa shape index (κ1) is 19.8. The van der Waals surface area contributed by atoms with Crippen molar-refractivity contribution in [1.29, 1.82) is 0 Å². The summed E-state index contributed by atoms with van der Waals surface area (Å²) < 4.78 is 5.00. The minimum absolute atomic E-state index is 0.148. The lowest BCUT2D eigenvalue weighted by Gasteiger charge is -2.31. The predicted octanol–water partition coefficient (Wildman–Crippen LogP) is 2.32. The molecule has 0 heterocycles. The zero-order valence-electron chi connectivity index (χ0n) is 14.4. The predicted molar refractivity (Wildman–Crippen MR) is 98.4 cm³/mol. The molecule has 0 aliphatic carbocycles. The molecule has 0 aliphatic heterocycles. The maximum Gasteiger partial charge on any atom is 0.319 e. The highest BCUT2D eigenvalue weighted by atomic mass is 32.2. The molecule has 0 saturated heterocycles. The zero-order valence-corrected chi connectivity index (χ0v) is 15.2. The smallest absolute Gasteiger partial charge is 0.319 e. The zero-order chi connectivity index (χ0) is 17.1. The van der Waals surface area contributed by atoms with E-state index in [1.54, 1.807) is 0 Å². The maximum atomic E-state index is 11.6. The Morgan fingerprint density at radius 3 is 2.61 bits per heavy atom. The van der Waals surface area contributed by atoms with Crippen molar-refractivity contribution in [3.05, 3.63) is 29.8 Å². The largest absolute Gasteiger partial charge is 0.465 e. The van der Waals surface area contributed by atoms with E-state index in [0.29, 0.717) is 6.61 Å². The van der Waals surface area contributed by atoms with E-state index in [1.807, 2.05) is 30.8 Å². The van der Waals surface area contributed by atoms with Crippen LogP contribution in [0, 0.1) is 0 Å². The number of nitrogens with two attached hydrogens (primary N) is 1. The van der Waals surface area contributed by atoms with Crippen molar-refractivity contribution in [2.45, 2.75) is 33.0 Å². The Bertz CT molecular complexity index is 454. The highest BCUT2D eigenvalue weighted by Gasteiger charge is 2.18. The van der Waals surface area contributed by atoms with E-state index in [2.05, 4.69) is 35.5 Å². The molecule has 1 atom stereocenters. The molecule has 1 rings (SSSR count). The fraction of sp³-hybridized carbons (Fsp3) is 0.588. The lowest BCUT2D eigenvalue weighted by Crippen LogP contribution is -2.47. The molecular weight excluding hydrogens is 310 g/mol. The Morgan fingerprint density at radius 2 is 2.04 bits per heavy atom. The average Bonchev–Trinajstić information content (AvgIpc) is 2.55. The van der Waals surface area contributed by atoms with E-state index in [4.69, 9.17) is 10.5 Å². The number of nitrogens with zero attached hydrogens (tertiary/aromatic N) is 1. The quantitative estimate of drug-likeness (QED) is 0.366. The van der Waals surface area contributed by atoms with Gasteiger partial charge in [0.2, 0.25) is 0 Å². The van der Waals surface area contributed by atoms with Crippen molar-refractivity contribution < 1.29 is 9.53 Å². The summed E-state index contributed by atoms with van der Waals surface area (Å²) in [6, 6.07) is 7.95. The summed E-state index contributed by atoms with van der Waals surface area (Å²) in [6.45, 7) is 6.34. The molecule has 23 heavy (non-hydrogen) atoms. The second kappa shape index (κ2) is 11.3. The molecule has 3 N–H and O–H groups in total. The number of nitrogens with one attached hydrogen (secondary N) is 1. The number of anilines is 1. The molecule has 0 spiro atoms. The number of hydrogen-bond acceptors (Lipinski definition) is 6. The summed E-state index contributed by atoms with van der Waals surface area (Å²) in [5, 5.41) is 3.34. The summed E-state index contributed by atoms with van der Waals surface area (Å²) >= 11 is 1.81. The Morgan fingerprint density at radius 1 is 1.35 bits per heavy atom. The van der Waals surface area contributed by atoms with Gasteiger partial charge in [-0.2, -0.15) is 11.8 Å². The van der Waals surface area contributed by atoms with Crippen molar-refractivity contribution >= 4 is 23.4 Å². The van der Waals surface area contributed by atoms with Gasteiger partial charge in [0.15, 0.2) is 0 Å². The van der Waals surface area contributed by atoms with E-state index in [0.717, 1.165) is 31.0 Å². The molecular formula is C17H29N3O2S. The molecule has 5 nitrogen and oxygen atoms in total. The van der Waals surface area contributed by atoms with Crippen molar-refractivity contribution in [3.63, 3.8) is 0 Å². The number of thioether (sulfide) groups is 1. The van der Waals surface area contributed by atoms with E-state index >= 15 is 0 Å². The number of rotatable bonds is 11. The lowest BCUT2D eigenvalue weighted by atomic mass is 10.2. The Labute approximate surface area is 143 Å². The summed E-state index contributed by atoms with van der Waals surface area (Å²) in [5.41, 5.74) is 7.73. The van der Waals surface area contributed by atoms with Gasteiger partial charge in [-0.15, -0.1) is 0 Å². The van der Waals surface area contributed by atoms with Crippen molar-refractivity contribution in [1.82, 2.24) is 10.2 Å². The van der Waals surface area contributed by atoms with Gasteiger partial charge in [0, 0.05) is 12.2 Å². The number of carbonyl (C=O) groups is 1. The van der Waals surface area contributed by atoms with Crippen LogP contribution in [0.1, 0.15) is 25.8 Å². The highest BCUT2D eigenvalue weighted by molar-refractivity contribution is 7.98. The molecule has 1 aromatic carbocycles. The number of esters is 1. The molecule has 0 aromatic heterocycles. The van der Waals surface area contributed by atoms with Crippen LogP contribution in [0.5, 0.6) is 0 Å². The van der Waals surface area contributed by atoms with Crippen LogP contribution in [0.2, 0.25) is 0 Å². The number of ether oxygens (including phenoxy) is 1. The first-order valence-corrected chi connectivity index (χ1v) is 9.46. The molecule has 0 aliphatic rings. The molecule has 0 fully saturated rings. The second-order valence-corrected chi connectivity index (χ2v) is 6.27. The first-order valence-electron chi connectivity index (χ1n) is 8.07. The summed E-state index contributed by atoms with van der Waals surface area (Å²) in [6.07, 6.45) is 3.22. The van der Waals surface area contributed by atoms with Crippen LogP contribution in [0.15, 0.2) is 24.3 Å². The summed E-state index contributed by atoms with van der Waals surface area (Å²) in [5.74, 6) is 0.837. The monoisotopic (exact) mass is 339 g/mol. The number of benzene rings is 1. The van der Waals surface area contributed by atoms with Crippen LogP contribution in [0.4, 0.5) is 5.69 Å². The molecule has 0 unspecified atom stereocenters. The average molecular weight is 340 g/mol. The van der Waals surface area contributed by atoms with Crippen LogP contribution in [-0.2, 0) is 16.1 Å². The topological polar surface area (TPSA) is 67.6 Å². The fourth-order valence-electron chi connectivity index (χ4n) is 2.36. The Balaban J connectivity index is 2.67. The minimum atomic E-state index is -0.204. The molecule has 0 saturated carbocycles. The van der Waals surface area contributed by atoms with Gasteiger partial charge in [-0.3, -0.25) is 15.0 Å².